The summed E-state index contributed by atoms with van der Waals surface area (Å²) in [4.78, 5) is 2.16. The summed E-state index contributed by atoms with van der Waals surface area (Å²) in [6, 6.07) is 7.74. The third-order valence-corrected chi connectivity index (χ3v) is 2.90. The highest BCUT2D eigenvalue weighted by Gasteiger charge is 2.11. The minimum absolute atomic E-state index is 0.441. The van der Waals surface area contributed by atoms with E-state index in [1.165, 1.54) is 0 Å². The molecule has 1 unspecified atom stereocenters. The Morgan fingerprint density at radius 1 is 1.16 bits per heavy atom. The van der Waals surface area contributed by atoms with Crippen LogP contribution in [-0.2, 0) is 0 Å². The second-order valence-electron chi connectivity index (χ2n) is 5.55. The van der Waals surface area contributed by atoms with E-state index in [1.807, 2.05) is 31.3 Å². The number of likely N-dealkylation sites (N-methyl/N-ethyl adjacent to an activating group) is 1. The molecular weight excluding hydrogens is 238 g/mol. The maximum absolute atomic E-state index is 10.2. The summed E-state index contributed by atoms with van der Waals surface area (Å²) in [7, 11) is 2.04. The summed E-state index contributed by atoms with van der Waals surface area (Å²) in [6.07, 6.45) is 0.564. The minimum Gasteiger partial charge on any atom is -0.494 e. The molecule has 0 aliphatic heterocycles. The van der Waals surface area contributed by atoms with Crippen LogP contribution in [0.5, 0.6) is 5.75 Å². The molecule has 0 saturated carbocycles. The van der Waals surface area contributed by atoms with Gasteiger partial charge in [0, 0.05) is 13.1 Å². The number of hydrogen-bond donors (Lipinski definition) is 1. The number of ether oxygens (including phenoxy) is 1. The van der Waals surface area contributed by atoms with E-state index in [4.69, 9.17) is 4.74 Å². The molecule has 0 bridgehead atoms. The van der Waals surface area contributed by atoms with E-state index < -0.39 is 6.10 Å². The number of nitrogens with zero attached hydrogens (tertiary/aromatic N) is 1. The molecule has 0 aliphatic rings. The van der Waals surface area contributed by atoms with Crippen LogP contribution in [0.3, 0.4) is 0 Å². The topological polar surface area (TPSA) is 32.7 Å². The van der Waals surface area contributed by atoms with Gasteiger partial charge >= 0.3 is 0 Å². The molecule has 1 N–H and O–H groups in total. The lowest BCUT2D eigenvalue weighted by Gasteiger charge is -2.22. The van der Waals surface area contributed by atoms with Crippen LogP contribution < -0.4 is 4.74 Å². The van der Waals surface area contributed by atoms with Gasteiger partial charge in [0.2, 0.25) is 0 Å². The SMILES string of the molecule is CCCOc1ccc(C(O)CN(C)CC(C)C)cc1. The van der Waals surface area contributed by atoms with Gasteiger partial charge in [0.1, 0.15) is 5.75 Å². The predicted molar refractivity (Wildman–Crippen MR) is 79.5 cm³/mol. The fraction of sp³-hybridized carbons (Fsp3) is 0.625. The summed E-state index contributed by atoms with van der Waals surface area (Å²) >= 11 is 0. The van der Waals surface area contributed by atoms with Crippen LogP contribution in [0.4, 0.5) is 0 Å². The van der Waals surface area contributed by atoms with Crippen LogP contribution in [0.2, 0.25) is 0 Å². The van der Waals surface area contributed by atoms with Crippen LogP contribution in [0.15, 0.2) is 24.3 Å². The molecule has 0 saturated heterocycles. The summed E-state index contributed by atoms with van der Waals surface area (Å²) in [6.45, 7) is 8.84. The Kier molecular flexibility index (Phi) is 6.89. The molecule has 0 radical (unpaired) electrons. The van der Waals surface area contributed by atoms with Crippen molar-refractivity contribution in [2.45, 2.75) is 33.3 Å². The number of aliphatic hydroxyl groups is 1. The van der Waals surface area contributed by atoms with E-state index in [0.717, 1.165) is 30.9 Å². The lowest BCUT2D eigenvalue weighted by Crippen LogP contribution is -2.28. The lowest BCUT2D eigenvalue weighted by molar-refractivity contribution is 0.121. The highest BCUT2D eigenvalue weighted by atomic mass is 16.5. The highest BCUT2D eigenvalue weighted by Crippen LogP contribution is 2.19. The zero-order valence-corrected chi connectivity index (χ0v) is 12.6. The standard InChI is InChI=1S/C16H27NO2/c1-5-10-19-15-8-6-14(7-9-15)16(18)12-17(4)11-13(2)3/h6-9,13,16,18H,5,10-12H2,1-4H3. The average molecular weight is 265 g/mol. The van der Waals surface area contributed by atoms with Crippen molar-refractivity contribution >= 4 is 0 Å². The van der Waals surface area contributed by atoms with Gasteiger partial charge in [-0.05, 0) is 37.1 Å². The first kappa shape index (κ1) is 16.0. The number of hydrogen-bond acceptors (Lipinski definition) is 3. The molecule has 3 heteroatoms. The molecule has 1 aromatic rings. The average Bonchev–Trinajstić information content (AvgIpc) is 2.35. The molecule has 0 aliphatic carbocycles. The first-order valence-electron chi connectivity index (χ1n) is 7.12. The van der Waals surface area contributed by atoms with E-state index in [9.17, 15) is 5.11 Å². The molecular formula is C16H27NO2. The van der Waals surface area contributed by atoms with E-state index in [-0.39, 0.29) is 0 Å². The maximum Gasteiger partial charge on any atom is 0.119 e. The van der Waals surface area contributed by atoms with Crippen LogP contribution in [0.25, 0.3) is 0 Å². The Morgan fingerprint density at radius 3 is 2.32 bits per heavy atom. The Hall–Kier alpha value is -1.06. The van der Waals surface area contributed by atoms with Gasteiger partial charge in [0.05, 0.1) is 12.7 Å². The van der Waals surface area contributed by atoms with Crippen molar-refractivity contribution in [2.75, 3.05) is 26.7 Å². The van der Waals surface area contributed by atoms with Gasteiger partial charge in [0.15, 0.2) is 0 Å². The molecule has 1 rings (SSSR count). The molecule has 3 nitrogen and oxygen atoms in total. The van der Waals surface area contributed by atoms with E-state index in [0.29, 0.717) is 12.5 Å². The quantitative estimate of drug-likeness (QED) is 0.784. The Bertz CT molecular complexity index is 348. The second kappa shape index (κ2) is 8.18. The normalized spacial score (nSPS) is 13.0. The second-order valence-corrected chi connectivity index (χ2v) is 5.55. The first-order valence-corrected chi connectivity index (χ1v) is 7.12. The van der Waals surface area contributed by atoms with Crippen LogP contribution in [0, 0.1) is 5.92 Å². The van der Waals surface area contributed by atoms with Gasteiger partial charge in [-0.25, -0.2) is 0 Å². The zero-order chi connectivity index (χ0) is 14.3. The third kappa shape index (κ3) is 6.08. The molecule has 0 fully saturated rings. The van der Waals surface area contributed by atoms with Crippen LogP contribution in [0.1, 0.15) is 38.9 Å². The number of rotatable bonds is 8. The van der Waals surface area contributed by atoms with Gasteiger partial charge in [0.25, 0.3) is 0 Å². The lowest BCUT2D eigenvalue weighted by atomic mass is 10.1. The fourth-order valence-electron chi connectivity index (χ4n) is 2.10. The number of benzene rings is 1. The Labute approximate surface area is 117 Å². The first-order chi connectivity index (χ1) is 9.02. The monoisotopic (exact) mass is 265 g/mol. The van der Waals surface area contributed by atoms with Crippen LogP contribution in [-0.4, -0.2) is 36.8 Å². The smallest absolute Gasteiger partial charge is 0.119 e. The molecule has 0 amide bonds. The maximum atomic E-state index is 10.2. The molecule has 1 atom stereocenters. The fourth-order valence-corrected chi connectivity index (χ4v) is 2.10. The van der Waals surface area contributed by atoms with Gasteiger partial charge in [-0.1, -0.05) is 32.9 Å². The predicted octanol–water partition coefficient (Wildman–Crippen LogP) is 3.10. The van der Waals surface area contributed by atoms with Gasteiger partial charge in [-0.3, -0.25) is 0 Å². The summed E-state index contributed by atoms with van der Waals surface area (Å²) in [5.41, 5.74) is 0.944. The van der Waals surface area contributed by atoms with E-state index >= 15 is 0 Å². The summed E-state index contributed by atoms with van der Waals surface area (Å²) < 4.78 is 5.53. The van der Waals surface area contributed by atoms with Crippen molar-refractivity contribution < 1.29 is 9.84 Å². The highest BCUT2D eigenvalue weighted by molar-refractivity contribution is 5.28. The molecule has 1 aromatic carbocycles. The van der Waals surface area contributed by atoms with Crippen LogP contribution >= 0.6 is 0 Å². The zero-order valence-electron chi connectivity index (χ0n) is 12.6. The van der Waals surface area contributed by atoms with Crippen molar-refractivity contribution in [3.05, 3.63) is 29.8 Å². The molecule has 0 spiro atoms. The molecule has 0 heterocycles. The van der Waals surface area contributed by atoms with Crippen molar-refractivity contribution in [3.63, 3.8) is 0 Å². The van der Waals surface area contributed by atoms with Gasteiger partial charge in [-0.15, -0.1) is 0 Å². The Morgan fingerprint density at radius 2 is 1.79 bits per heavy atom. The minimum atomic E-state index is -0.441. The van der Waals surface area contributed by atoms with E-state index in [2.05, 4.69) is 25.7 Å². The van der Waals surface area contributed by atoms with E-state index in [1.54, 1.807) is 0 Å². The number of aliphatic hydroxyl groups excluding tert-OH is 1. The molecule has 108 valence electrons. The van der Waals surface area contributed by atoms with Crippen molar-refractivity contribution in [1.29, 1.82) is 0 Å². The Balaban J connectivity index is 2.50. The molecule has 19 heavy (non-hydrogen) atoms. The van der Waals surface area contributed by atoms with Crippen molar-refractivity contribution in [3.8, 4) is 5.75 Å². The summed E-state index contributed by atoms with van der Waals surface area (Å²) in [5.74, 6) is 1.48. The van der Waals surface area contributed by atoms with Gasteiger partial charge in [-0.2, -0.15) is 0 Å². The third-order valence-electron chi connectivity index (χ3n) is 2.90. The van der Waals surface area contributed by atoms with Crippen molar-refractivity contribution in [1.82, 2.24) is 4.90 Å². The molecule has 0 aromatic heterocycles. The largest absolute Gasteiger partial charge is 0.494 e. The summed E-state index contributed by atoms with van der Waals surface area (Å²) in [5, 5.41) is 10.2. The van der Waals surface area contributed by atoms with Gasteiger partial charge < -0.3 is 14.7 Å². The van der Waals surface area contributed by atoms with Crippen molar-refractivity contribution in [2.24, 2.45) is 5.92 Å².